The van der Waals surface area contributed by atoms with E-state index in [1.54, 1.807) is 24.3 Å². The van der Waals surface area contributed by atoms with Gasteiger partial charge < -0.3 is 32.4 Å². The number of hydrogen-bond donors (Lipinski definition) is 0. The molecule has 0 aliphatic carbocycles. The molecule has 1 radical (unpaired) electrons. The summed E-state index contributed by atoms with van der Waals surface area (Å²) in [7, 11) is 7.43. The molecule has 0 spiro atoms. The van der Waals surface area contributed by atoms with E-state index in [4.69, 9.17) is 0 Å². The van der Waals surface area contributed by atoms with Crippen LogP contribution >= 0.6 is 0 Å². The van der Waals surface area contributed by atoms with E-state index in [9.17, 15) is 10.2 Å². The van der Waals surface area contributed by atoms with Gasteiger partial charge in [0.25, 0.3) is 0 Å². The van der Waals surface area contributed by atoms with Crippen LogP contribution in [0.5, 0.6) is 11.5 Å². The number of nitrogens with zero attached hydrogens (tertiary/aromatic N) is 2. The third-order valence-electron chi connectivity index (χ3n) is 2.69. The molecule has 0 unspecified atom stereocenters. The first kappa shape index (κ1) is 23.1. The van der Waals surface area contributed by atoms with Crippen molar-refractivity contribution in [1.29, 1.82) is 0 Å². The fourth-order valence-corrected chi connectivity index (χ4v) is 1.65. The minimum atomic E-state index is 0. The smallest absolute Gasteiger partial charge is 1.00 e. The van der Waals surface area contributed by atoms with E-state index in [2.05, 4.69) is 0 Å². The molecule has 2 aromatic carbocycles. The second-order valence-electron chi connectivity index (χ2n) is 4.72. The zero-order valence-electron chi connectivity index (χ0n) is 13.2. The maximum absolute atomic E-state index is 11.0. The molecule has 6 heteroatoms. The monoisotopic (exact) mass is 397 g/mol. The Bertz CT molecular complexity index is 502. The second-order valence-corrected chi connectivity index (χ2v) is 4.72. The summed E-state index contributed by atoms with van der Waals surface area (Å²) in [6, 6.07) is 14.0. The van der Waals surface area contributed by atoms with E-state index < -0.39 is 0 Å². The zero-order chi connectivity index (χ0) is 15.1. The first-order valence-corrected chi connectivity index (χ1v) is 6.30. The van der Waals surface area contributed by atoms with E-state index in [1.165, 1.54) is 0 Å². The predicted molar refractivity (Wildman–Crippen MR) is 80.4 cm³/mol. The molecule has 0 heterocycles. The van der Waals surface area contributed by atoms with Gasteiger partial charge in [-0.1, -0.05) is 47.9 Å². The summed E-state index contributed by atoms with van der Waals surface area (Å²) >= 11 is 0. The molecule has 2 rings (SSSR count). The minimum Gasteiger partial charge on any atom is -1.00 e. The number of hydrogen-bond acceptors (Lipinski definition) is 4. The SMILES string of the molecule is CN(C)c1ccccc1[O-].CN(C)c1ccccc1[O-].[Cl-].[Zr+3]. The van der Waals surface area contributed by atoms with Gasteiger partial charge in [-0.05, 0) is 12.1 Å². The summed E-state index contributed by atoms with van der Waals surface area (Å²) in [4.78, 5) is 3.62. The number of benzene rings is 2. The Kier molecular flexibility index (Phi) is 12.0. The van der Waals surface area contributed by atoms with Crippen molar-refractivity contribution < 1.29 is 48.8 Å². The second kappa shape index (κ2) is 11.4. The van der Waals surface area contributed by atoms with Crippen LogP contribution in [-0.2, 0) is 26.2 Å². The van der Waals surface area contributed by atoms with Crippen molar-refractivity contribution in [3.05, 3.63) is 48.5 Å². The Morgan fingerprint density at radius 3 is 1.09 bits per heavy atom. The van der Waals surface area contributed by atoms with Crippen LogP contribution in [0.4, 0.5) is 11.4 Å². The fraction of sp³-hybridized carbons (Fsp3) is 0.250. The molecule has 0 aliphatic rings. The maximum atomic E-state index is 11.0. The number of halogens is 1. The molecule has 0 atom stereocenters. The molecule has 2 aromatic rings. The van der Waals surface area contributed by atoms with Gasteiger partial charge in [0, 0.05) is 39.6 Å². The van der Waals surface area contributed by atoms with Gasteiger partial charge in [-0.15, -0.1) is 0 Å². The van der Waals surface area contributed by atoms with Crippen molar-refractivity contribution in [3.63, 3.8) is 0 Å². The van der Waals surface area contributed by atoms with Gasteiger partial charge in [0.15, 0.2) is 0 Å². The van der Waals surface area contributed by atoms with Crippen molar-refractivity contribution in [2.75, 3.05) is 38.0 Å². The van der Waals surface area contributed by atoms with Gasteiger partial charge >= 0.3 is 26.2 Å². The van der Waals surface area contributed by atoms with Crippen LogP contribution in [0.3, 0.4) is 0 Å². The normalized spacial score (nSPS) is 8.55. The Labute approximate surface area is 157 Å². The predicted octanol–water partition coefficient (Wildman–Crippen LogP) is -1.35. The summed E-state index contributed by atoms with van der Waals surface area (Å²) in [5.41, 5.74) is 1.48. The molecule has 0 saturated carbocycles. The van der Waals surface area contributed by atoms with Gasteiger partial charge in [0.2, 0.25) is 0 Å². The molecule has 0 saturated heterocycles. The van der Waals surface area contributed by atoms with E-state index in [1.807, 2.05) is 62.3 Å². The van der Waals surface area contributed by atoms with Crippen molar-refractivity contribution in [1.82, 2.24) is 0 Å². The van der Waals surface area contributed by atoms with E-state index >= 15 is 0 Å². The molecule has 117 valence electrons. The van der Waals surface area contributed by atoms with Crippen molar-refractivity contribution in [3.8, 4) is 11.5 Å². The van der Waals surface area contributed by atoms with Gasteiger partial charge in [0.05, 0.1) is 0 Å². The largest absolute Gasteiger partial charge is 3.00 e. The topological polar surface area (TPSA) is 52.6 Å². The number of rotatable bonds is 2. The molecule has 0 bridgehead atoms. The van der Waals surface area contributed by atoms with E-state index in [0.717, 1.165) is 11.4 Å². The minimum absolute atomic E-state index is 0. The summed E-state index contributed by atoms with van der Waals surface area (Å²) < 4.78 is 0. The molecular weight excluding hydrogens is 379 g/mol. The standard InChI is InChI=1S/2C8H11NO.ClH.Zr/c2*1-9(2)7-5-3-4-6-8(7)10;;/h2*3-6,10H,1-2H3;1H;/q;;;+3/p-3. The van der Waals surface area contributed by atoms with Crippen molar-refractivity contribution in [2.45, 2.75) is 0 Å². The van der Waals surface area contributed by atoms with Gasteiger partial charge in [-0.25, -0.2) is 0 Å². The van der Waals surface area contributed by atoms with Crippen LogP contribution in [-0.4, -0.2) is 28.2 Å². The number of para-hydroxylation sites is 4. The quantitative estimate of drug-likeness (QED) is 0.628. The molecule has 0 amide bonds. The molecule has 0 N–H and O–H groups in total. The summed E-state index contributed by atoms with van der Waals surface area (Å²) in [5, 5.41) is 22.0. The maximum Gasteiger partial charge on any atom is 3.00 e. The van der Waals surface area contributed by atoms with Gasteiger partial charge in [0.1, 0.15) is 0 Å². The van der Waals surface area contributed by atoms with Crippen molar-refractivity contribution in [2.24, 2.45) is 0 Å². The van der Waals surface area contributed by atoms with Gasteiger partial charge in [-0.3, -0.25) is 0 Å². The average Bonchev–Trinajstić information content (AvgIpc) is 2.40. The Balaban J connectivity index is 0. The van der Waals surface area contributed by atoms with E-state index in [-0.39, 0.29) is 50.1 Å². The van der Waals surface area contributed by atoms with E-state index in [0.29, 0.717) is 0 Å². The van der Waals surface area contributed by atoms with Crippen LogP contribution in [0.1, 0.15) is 0 Å². The van der Waals surface area contributed by atoms with Crippen LogP contribution in [0.15, 0.2) is 48.5 Å². The summed E-state index contributed by atoms with van der Waals surface area (Å²) in [6.07, 6.45) is 0. The van der Waals surface area contributed by atoms with Crippen LogP contribution in [0.2, 0.25) is 0 Å². The van der Waals surface area contributed by atoms with Crippen LogP contribution < -0.4 is 32.4 Å². The molecule has 0 aromatic heterocycles. The Hall–Kier alpha value is -1.19. The summed E-state index contributed by atoms with van der Waals surface area (Å²) in [5.74, 6) is 0.153. The molecule has 0 aliphatic heterocycles. The third-order valence-corrected chi connectivity index (χ3v) is 2.69. The summed E-state index contributed by atoms with van der Waals surface area (Å²) in [6.45, 7) is 0. The zero-order valence-corrected chi connectivity index (χ0v) is 16.4. The molecule has 0 fully saturated rings. The fourth-order valence-electron chi connectivity index (χ4n) is 1.65. The Morgan fingerprint density at radius 1 is 0.636 bits per heavy atom. The number of anilines is 2. The van der Waals surface area contributed by atoms with Crippen LogP contribution in [0, 0.1) is 0 Å². The molecule has 4 nitrogen and oxygen atoms in total. The van der Waals surface area contributed by atoms with Crippen LogP contribution in [0.25, 0.3) is 0 Å². The molecule has 22 heavy (non-hydrogen) atoms. The molecular formula is C16H20ClN2O2Zr. The average molecular weight is 399 g/mol. The van der Waals surface area contributed by atoms with Gasteiger partial charge in [-0.2, -0.15) is 0 Å². The third kappa shape index (κ3) is 7.19. The first-order chi connectivity index (χ1) is 9.43. The first-order valence-electron chi connectivity index (χ1n) is 6.30. The Morgan fingerprint density at radius 2 is 0.909 bits per heavy atom. The van der Waals surface area contributed by atoms with Crippen molar-refractivity contribution >= 4 is 11.4 Å².